The van der Waals surface area contributed by atoms with Gasteiger partial charge in [-0.15, -0.1) is 0 Å². The van der Waals surface area contributed by atoms with Gasteiger partial charge in [0.25, 0.3) is 0 Å². The number of aromatic nitrogens is 3. The van der Waals surface area contributed by atoms with Gasteiger partial charge in [0, 0.05) is 28.9 Å². The number of nitrogens with one attached hydrogen (secondary N) is 1. The molecule has 98 valence electrons. The van der Waals surface area contributed by atoms with Crippen molar-refractivity contribution in [2.75, 3.05) is 5.32 Å². The minimum absolute atomic E-state index is 0.236. The van der Waals surface area contributed by atoms with Crippen LogP contribution in [0.3, 0.4) is 0 Å². The molecule has 0 amide bonds. The molecule has 0 fully saturated rings. The second-order valence-electron chi connectivity index (χ2n) is 4.18. The van der Waals surface area contributed by atoms with Crippen LogP contribution in [0.25, 0.3) is 10.8 Å². The van der Waals surface area contributed by atoms with E-state index in [2.05, 4.69) is 20.3 Å². The molecular weight excluding hydrogens is 270 g/mol. The number of anilines is 2. The lowest BCUT2D eigenvalue weighted by Crippen LogP contribution is -2.12. The normalized spacial score (nSPS) is 10.4. The molecule has 0 unspecified atom stereocenters. The van der Waals surface area contributed by atoms with Crippen molar-refractivity contribution in [2.45, 2.75) is 0 Å². The van der Waals surface area contributed by atoms with Gasteiger partial charge in [-0.1, -0.05) is 24.4 Å². The molecule has 3 aromatic rings. The van der Waals surface area contributed by atoms with Crippen molar-refractivity contribution < 1.29 is 0 Å². The molecule has 0 bridgehead atoms. The largest absolute Gasteiger partial charge is 0.388 e. The SMILES string of the molecule is NC(=S)c1cnc(Nc2cccc3cnccc23)cn1. The van der Waals surface area contributed by atoms with Crippen LogP contribution in [0.4, 0.5) is 11.5 Å². The van der Waals surface area contributed by atoms with E-state index in [0.717, 1.165) is 16.5 Å². The van der Waals surface area contributed by atoms with Crippen LogP contribution in [0, 0.1) is 0 Å². The number of thiocarbonyl (C=S) groups is 1. The maximum absolute atomic E-state index is 5.49. The van der Waals surface area contributed by atoms with E-state index in [9.17, 15) is 0 Å². The molecule has 5 nitrogen and oxygen atoms in total. The summed E-state index contributed by atoms with van der Waals surface area (Å²) in [6, 6.07) is 7.90. The highest BCUT2D eigenvalue weighted by atomic mass is 32.1. The van der Waals surface area contributed by atoms with Gasteiger partial charge in [0.05, 0.1) is 12.4 Å². The van der Waals surface area contributed by atoms with Gasteiger partial charge < -0.3 is 11.1 Å². The molecule has 0 aliphatic rings. The van der Waals surface area contributed by atoms with Crippen LogP contribution in [-0.2, 0) is 0 Å². The average molecular weight is 281 g/mol. The summed E-state index contributed by atoms with van der Waals surface area (Å²) in [6.07, 6.45) is 6.74. The molecule has 0 saturated heterocycles. The van der Waals surface area contributed by atoms with E-state index in [1.54, 1.807) is 18.6 Å². The number of nitrogens with zero attached hydrogens (tertiary/aromatic N) is 3. The van der Waals surface area contributed by atoms with Crippen molar-refractivity contribution in [3.63, 3.8) is 0 Å². The molecule has 3 N–H and O–H groups in total. The molecular formula is C14H11N5S. The van der Waals surface area contributed by atoms with Crippen LogP contribution in [0.1, 0.15) is 5.69 Å². The number of nitrogens with two attached hydrogens (primary N) is 1. The molecule has 0 aliphatic heterocycles. The second-order valence-corrected chi connectivity index (χ2v) is 4.62. The topological polar surface area (TPSA) is 76.7 Å². The predicted octanol–water partition coefficient (Wildman–Crippen LogP) is 2.40. The lowest BCUT2D eigenvalue weighted by Gasteiger charge is -2.08. The van der Waals surface area contributed by atoms with Gasteiger partial charge in [0.15, 0.2) is 0 Å². The Bertz CT molecular complexity index is 765. The first-order valence-corrected chi connectivity index (χ1v) is 6.36. The van der Waals surface area contributed by atoms with Crippen LogP contribution < -0.4 is 11.1 Å². The lowest BCUT2D eigenvalue weighted by molar-refractivity contribution is 1.18. The molecule has 20 heavy (non-hydrogen) atoms. The molecule has 0 spiro atoms. The summed E-state index contributed by atoms with van der Waals surface area (Å²) in [7, 11) is 0. The van der Waals surface area contributed by atoms with Gasteiger partial charge in [-0.25, -0.2) is 9.97 Å². The Balaban J connectivity index is 1.95. The fourth-order valence-corrected chi connectivity index (χ4v) is 1.99. The van der Waals surface area contributed by atoms with Crippen LogP contribution in [0.15, 0.2) is 49.1 Å². The Morgan fingerprint density at radius 2 is 2.00 bits per heavy atom. The van der Waals surface area contributed by atoms with E-state index in [0.29, 0.717) is 11.5 Å². The Hall–Kier alpha value is -2.60. The molecule has 1 aromatic carbocycles. The number of benzene rings is 1. The standard InChI is InChI=1S/C14H11N5S/c15-14(20)12-7-18-13(8-17-12)19-11-3-1-2-9-6-16-5-4-10(9)11/h1-8H,(H2,15,20)(H,18,19). The monoisotopic (exact) mass is 281 g/mol. The fraction of sp³-hybridized carbons (Fsp3) is 0. The molecule has 0 saturated carbocycles. The third-order valence-corrected chi connectivity index (χ3v) is 3.06. The molecule has 0 aliphatic carbocycles. The van der Waals surface area contributed by atoms with Gasteiger partial charge in [0.2, 0.25) is 0 Å². The summed E-state index contributed by atoms with van der Waals surface area (Å²) < 4.78 is 0. The number of fused-ring (bicyclic) bond motifs is 1. The number of hydrogen-bond donors (Lipinski definition) is 2. The molecule has 0 atom stereocenters. The third-order valence-electron chi connectivity index (χ3n) is 2.85. The molecule has 0 radical (unpaired) electrons. The zero-order chi connectivity index (χ0) is 13.9. The van der Waals surface area contributed by atoms with E-state index >= 15 is 0 Å². The second kappa shape index (κ2) is 5.18. The summed E-state index contributed by atoms with van der Waals surface area (Å²) in [5, 5.41) is 5.36. The summed E-state index contributed by atoms with van der Waals surface area (Å²) >= 11 is 4.85. The van der Waals surface area contributed by atoms with E-state index in [1.165, 1.54) is 0 Å². The average Bonchev–Trinajstić information content (AvgIpc) is 2.48. The van der Waals surface area contributed by atoms with Gasteiger partial charge in [0.1, 0.15) is 16.5 Å². The van der Waals surface area contributed by atoms with Crippen LogP contribution in [0.2, 0.25) is 0 Å². The van der Waals surface area contributed by atoms with Crippen LogP contribution >= 0.6 is 12.2 Å². The van der Waals surface area contributed by atoms with Crippen molar-refractivity contribution in [3.05, 3.63) is 54.7 Å². The maximum Gasteiger partial charge on any atom is 0.148 e. The first-order chi connectivity index (χ1) is 9.74. The summed E-state index contributed by atoms with van der Waals surface area (Å²) in [6.45, 7) is 0. The highest BCUT2D eigenvalue weighted by Crippen LogP contribution is 2.24. The maximum atomic E-state index is 5.49. The van der Waals surface area contributed by atoms with E-state index in [1.807, 2.05) is 30.5 Å². The predicted molar refractivity (Wildman–Crippen MR) is 82.9 cm³/mol. The summed E-state index contributed by atoms with van der Waals surface area (Å²) in [4.78, 5) is 12.7. The Morgan fingerprint density at radius 3 is 2.75 bits per heavy atom. The van der Waals surface area contributed by atoms with Crippen molar-refractivity contribution in [1.82, 2.24) is 15.0 Å². The van der Waals surface area contributed by atoms with E-state index in [4.69, 9.17) is 18.0 Å². The van der Waals surface area contributed by atoms with Gasteiger partial charge in [-0.05, 0) is 12.1 Å². The van der Waals surface area contributed by atoms with Crippen molar-refractivity contribution in [2.24, 2.45) is 5.73 Å². The Kier molecular flexibility index (Phi) is 3.22. The Morgan fingerprint density at radius 1 is 1.10 bits per heavy atom. The smallest absolute Gasteiger partial charge is 0.148 e. The number of pyridine rings is 1. The first kappa shape index (κ1) is 12.4. The zero-order valence-electron chi connectivity index (χ0n) is 10.4. The van der Waals surface area contributed by atoms with Crippen molar-refractivity contribution in [3.8, 4) is 0 Å². The molecule has 2 aromatic heterocycles. The molecule has 2 heterocycles. The number of rotatable bonds is 3. The Labute approximate surface area is 120 Å². The van der Waals surface area contributed by atoms with Gasteiger partial charge >= 0.3 is 0 Å². The fourth-order valence-electron chi connectivity index (χ4n) is 1.89. The quantitative estimate of drug-likeness (QED) is 0.718. The highest BCUT2D eigenvalue weighted by Gasteiger charge is 2.03. The molecule has 3 rings (SSSR count). The van der Waals surface area contributed by atoms with E-state index < -0.39 is 0 Å². The third kappa shape index (κ3) is 2.41. The van der Waals surface area contributed by atoms with E-state index in [-0.39, 0.29) is 4.99 Å². The van der Waals surface area contributed by atoms with Crippen LogP contribution in [0.5, 0.6) is 0 Å². The first-order valence-electron chi connectivity index (χ1n) is 5.95. The lowest BCUT2D eigenvalue weighted by atomic mass is 10.1. The van der Waals surface area contributed by atoms with Crippen molar-refractivity contribution >= 4 is 39.5 Å². The van der Waals surface area contributed by atoms with Gasteiger partial charge in [-0.2, -0.15) is 0 Å². The summed E-state index contributed by atoms with van der Waals surface area (Å²) in [5.74, 6) is 0.634. The summed E-state index contributed by atoms with van der Waals surface area (Å²) in [5.41, 5.74) is 6.95. The minimum Gasteiger partial charge on any atom is -0.388 e. The van der Waals surface area contributed by atoms with Crippen molar-refractivity contribution in [1.29, 1.82) is 0 Å². The van der Waals surface area contributed by atoms with Crippen LogP contribution in [-0.4, -0.2) is 19.9 Å². The van der Waals surface area contributed by atoms with Gasteiger partial charge in [-0.3, -0.25) is 4.98 Å². The molecule has 6 heteroatoms. The zero-order valence-corrected chi connectivity index (χ0v) is 11.3. The highest BCUT2D eigenvalue weighted by molar-refractivity contribution is 7.80. The number of hydrogen-bond acceptors (Lipinski definition) is 5. The minimum atomic E-state index is 0.236.